The van der Waals surface area contributed by atoms with Gasteiger partial charge in [0.15, 0.2) is 11.6 Å². The van der Waals surface area contributed by atoms with Crippen molar-refractivity contribution >= 4 is 17.2 Å². The van der Waals surface area contributed by atoms with Crippen LogP contribution in [-0.4, -0.2) is 52.3 Å². The quantitative estimate of drug-likeness (QED) is 0.516. The highest BCUT2D eigenvalue weighted by Crippen LogP contribution is 2.32. The number of rotatable bonds is 5. The van der Waals surface area contributed by atoms with Gasteiger partial charge in [-0.1, -0.05) is 5.10 Å². The Morgan fingerprint density at radius 1 is 1.30 bits per heavy atom. The van der Waals surface area contributed by atoms with Crippen molar-refractivity contribution in [1.82, 2.24) is 39.6 Å². The Hall–Kier alpha value is -3.47. The summed E-state index contributed by atoms with van der Waals surface area (Å²) in [4.78, 5) is 4.37. The maximum atomic E-state index is 6.06. The molecule has 30 heavy (non-hydrogen) atoms. The summed E-state index contributed by atoms with van der Waals surface area (Å²) < 4.78 is 15.7. The Morgan fingerprint density at radius 3 is 3.07 bits per heavy atom. The fourth-order valence-corrected chi connectivity index (χ4v) is 3.45. The summed E-state index contributed by atoms with van der Waals surface area (Å²) in [5, 5.41) is 22.9. The highest BCUT2D eigenvalue weighted by Gasteiger charge is 2.31. The summed E-state index contributed by atoms with van der Waals surface area (Å²) in [7, 11) is 0. The number of ether oxygens (including phenoxy) is 2. The zero-order valence-corrected chi connectivity index (χ0v) is 17.0. The number of hydrogen-bond donors (Lipinski definition) is 2. The number of nitrogens with one attached hydrogen (secondary N) is 2. The van der Waals surface area contributed by atoms with Crippen LogP contribution in [0.4, 0.5) is 11.6 Å². The molecule has 4 aromatic heterocycles. The molecule has 1 fully saturated rings. The molecule has 5 heterocycles. The third-order valence-corrected chi connectivity index (χ3v) is 4.99. The smallest absolute Gasteiger partial charge is 0.317 e. The second-order valence-electron chi connectivity index (χ2n) is 8.22. The minimum absolute atomic E-state index is 0.109. The van der Waals surface area contributed by atoms with Gasteiger partial charge in [0.25, 0.3) is 0 Å². The molecule has 0 saturated carbocycles. The average molecular weight is 409 g/mol. The van der Waals surface area contributed by atoms with Crippen LogP contribution in [0.2, 0.25) is 0 Å². The number of hydrogen-bond acceptors (Lipinski definition) is 8. The molecule has 2 atom stereocenters. The number of aromatic amines is 1. The zero-order valence-electron chi connectivity index (χ0n) is 17.0. The average Bonchev–Trinajstić information content (AvgIpc) is 3.48. The van der Waals surface area contributed by atoms with E-state index in [0.29, 0.717) is 30.7 Å². The number of fused-ring (bicyclic) bond motifs is 1. The van der Waals surface area contributed by atoms with Crippen molar-refractivity contribution in [2.24, 2.45) is 0 Å². The van der Waals surface area contributed by atoms with Gasteiger partial charge in [-0.3, -0.25) is 9.67 Å². The minimum Gasteiger partial charge on any atom is -0.458 e. The summed E-state index contributed by atoms with van der Waals surface area (Å²) in [5.74, 6) is 1.34. The van der Waals surface area contributed by atoms with E-state index in [1.807, 2.05) is 16.7 Å². The van der Waals surface area contributed by atoms with Crippen molar-refractivity contribution in [3.8, 4) is 6.01 Å². The van der Waals surface area contributed by atoms with Crippen LogP contribution < -0.4 is 10.1 Å². The lowest BCUT2D eigenvalue weighted by molar-refractivity contribution is 0.0874. The lowest BCUT2D eigenvalue weighted by atomic mass is 10.1. The van der Waals surface area contributed by atoms with Gasteiger partial charge < -0.3 is 14.8 Å². The van der Waals surface area contributed by atoms with Gasteiger partial charge >= 0.3 is 6.01 Å². The van der Waals surface area contributed by atoms with Gasteiger partial charge in [0.1, 0.15) is 24.1 Å². The molecule has 0 aliphatic carbocycles. The van der Waals surface area contributed by atoms with Gasteiger partial charge in [-0.2, -0.15) is 10.2 Å². The molecule has 4 aromatic rings. The van der Waals surface area contributed by atoms with Crippen molar-refractivity contribution in [2.75, 3.05) is 11.9 Å². The van der Waals surface area contributed by atoms with Crippen LogP contribution in [0.1, 0.15) is 39.0 Å². The maximum absolute atomic E-state index is 6.06. The Bertz CT molecular complexity index is 1160. The van der Waals surface area contributed by atoms with Crippen LogP contribution in [0.3, 0.4) is 0 Å². The second-order valence-corrected chi connectivity index (χ2v) is 8.22. The first-order valence-electron chi connectivity index (χ1n) is 9.77. The van der Waals surface area contributed by atoms with Crippen LogP contribution in [0.5, 0.6) is 6.01 Å². The highest BCUT2D eigenvalue weighted by molar-refractivity contribution is 5.71. The minimum atomic E-state index is -0.159. The van der Waals surface area contributed by atoms with E-state index >= 15 is 0 Å². The molecule has 11 heteroatoms. The molecular formula is C19H23N9O2. The first-order chi connectivity index (χ1) is 14.5. The van der Waals surface area contributed by atoms with E-state index in [1.54, 1.807) is 29.4 Å². The van der Waals surface area contributed by atoms with Crippen LogP contribution in [0.25, 0.3) is 5.52 Å². The third kappa shape index (κ3) is 3.47. The predicted octanol–water partition coefficient (Wildman–Crippen LogP) is 2.45. The van der Waals surface area contributed by atoms with Gasteiger partial charge in [-0.05, 0) is 26.8 Å². The van der Waals surface area contributed by atoms with E-state index in [0.717, 1.165) is 11.2 Å². The predicted molar refractivity (Wildman–Crippen MR) is 108 cm³/mol. The normalized spacial score (nSPS) is 19.4. The third-order valence-electron chi connectivity index (χ3n) is 4.99. The standard InChI is InChI=1S/C19H23N9O2/c1-19(2,3)27-11-21-26-18(27)30-12-8-15(29-10-12)13-9-16(25-24-13)23-17-14-4-5-22-28(14)7-6-20-17/h4-7,9,11-12,15H,8,10H2,1-3H3,(H2,20,23,24,25)/t12-,15-/m1/s1. The molecule has 0 radical (unpaired) electrons. The molecule has 0 spiro atoms. The molecule has 0 aromatic carbocycles. The van der Waals surface area contributed by atoms with Gasteiger partial charge in [0, 0.05) is 30.4 Å². The first kappa shape index (κ1) is 18.6. The van der Waals surface area contributed by atoms with Crippen molar-refractivity contribution < 1.29 is 9.47 Å². The van der Waals surface area contributed by atoms with Crippen molar-refractivity contribution in [3.05, 3.63) is 42.7 Å². The van der Waals surface area contributed by atoms with E-state index in [9.17, 15) is 0 Å². The topological polar surface area (TPSA) is 120 Å². The molecule has 11 nitrogen and oxygen atoms in total. The lowest BCUT2D eigenvalue weighted by Crippen LogP contribution is -2.25. The largest absolute Gasteiger partial charge is 0.458 e. The van der Waals surface area contributed by atoms with Gasteiger partial charge in [-0.15, -0.1) is 5.10 Å². The summed E-state index contributed by atoms with van der Waals surface area (Å²) in [6, 6.07) is 4.32. The summed E-state index contributed by atoms with van der Waals surface area (Å²) in [6.07, 6.45) is 7.34. The summed E-state index contributed by atoms with van der Waals surface area (Å²) in [6.45, 7) is 6.71. The number of H-pyrrole nitrogens is 1. The van der Waals surface area contributed by atoms with Crippen molar-refractivity contribution in [1.29, 1.82) is 0 Å². The number of anilines is 2. The Kier molecular flexibility index (Phi) is 4.39. The van der Waals surface area contributed by atoms with E-state index in [1.165, 1.54) is 0 Å². The van der Waals surface area contributed by atoms with E-state index in [4.69, 9.17) is 9.47 Å². The molecule has 0 amide bonds. The monoisotopic (exact) mass is 409 g/mol. The van der Waals surface area contributed by atoms with Crippen molar-refractivity contribution in [3.63, 3.8) is 0 Å². The van der Waals surface area contributed by atoms with Crippen LogP contribution in [0, 0.1) is 0 Å². The summed E-state index contributed by atoms with van der Waals surface area (Å²) in [5.41, 5.74) is 1.59. The van der Waals surface area contributed by atoms with Gasteiger partial charge in [0.2, 0.25) is 0 Å². The lowest BCUT2D eigenvalue weighted by Gasteiger charge is -2.22. The number of aromatic nitrogens is 8. The fourth-order valence-electron chi connectivity index (χ4n) is 3.45. The van der Waals surface area contributed by atoms with E-state index in [-0.39, 0.29) is 17.7 Å². The van der Waals surface area contributed by atoms with Gasteiger partial charge in [0.05, 0.1) is 18.5 Å². The van der Waals surface area contributed by atoms with Crippen LogP contribution in [0.15, 0.2) is 37.1 Å². The highest BCUT2D eigenvalue weighted by atomic mass is 16.6. The molecule has 156 valence electrons. The molecular weight excluding hydrogens is 386 g/mol. The second kappa shape index (κ2) is 7.10. The van der Waals surface area contributed by atoms with E-state index < -0.39 is 0 Å². The zero-order chi connectivity index (χ0) is 20.7. The molecule has 0 unspecified atom stereocenters. The SMILES string of the molecule is CC(C)(C)n1cnnc1O[C@H]1CO[C@@H](c2cc(Nc3nccn4nccc34)n[nH]2)C1. The first-order valence-corrected chi connectivity index (χ1v) is 9.77. The van der Waals surface area contributed by atoms with Crippen LogP contribution in [-0.2, 0) is 10.3 Å². The maximum Gasteiger partial charge on any atom is 0.317 e. The molecule has 0 bridgehead atoms. The summed E-state index contributed by atoms with van der Waals surface area (Å²) >= 11 is 0. The Balaban J connectivity index is 1.25. The van der Waals surface area contributed by atoms with Crippen molar-refractivity contribution in [2.45, 2.75) is 44.9 Å². The van der Waals surface area contributed by atoms with Gasteiger partial charge in [-0.25, -0.2) is 9.50 Å². The molecule has 1 saturated heterocycles. The Labute approximate surface area is 172 Å². The fraction of sp³-hybridized carbons (Fsp3) is 0.421. The molecule has 2 N–H and O–H groups in total. The number of nitrogens with zero attached hydrogens (tertiary/aromatic N) is 7. The van der Waals surface area contributed by atoms with Crippen LogP contribution >= 0.6 is 0 Å². The Morgan fingerprint density at radius 2 is 2.20 bits per heavy atom. The van der Waals surface area contributed by atoms with E-state index in [2.05, 4.69) is 56.6 Å². The molecule has 5 rings (SSSR count). The molecule has 1 aliphatic heterocycles. The molecule has 1 aliphatic rings.